The summed E-state index contributed by atoms with van der Waals surface area (Å²) in [5.74, 6) is 0. The van der Waals surface area contributed by atoms with Crippen molar-refractivity contribution >= 4 is 12.6 Å². The number of benzene rings is 1. The fraction of sp³-hybridized carbons (Fsp3) is 0.538. The van der Waals surface area contributed by atoms with E-state index in [9.17, 15) is 0 Å². The van der Waals surface area contributed by atoms with Crippen LogP contribution in [0.25, 0.3) is 0 Å². The Morgan fingerprint density at radius 1 is 1.11 bits per heavy atom. The first-order valence-corrected chi connectivity index (χ1v) is 6.51. The Labute approximate surface area is 109 Å². The molecule has 0 unspecified atom stereocenters. The third-order valence-corrected chi connectivity index (χ3v) is 2.79. The Morgan fingerprint density at radius 3 is 2.17 bits per heavy atom. The third-order valence-electron chi connectivity index (χ3n) is 2.79. The minimum Gasteiger partial charge on any atom is -0.423 e. The molecule has 2 rings (SSSR count). The van der Waals surface area contributed by atoms with E-state index in [-0.39, 0.29) is 0 Å². The second-order valence-electron chi connectivity index (χ2n) is 4.00. The molecule has 1 aliphatic heterocycles. The Morgan fingerprint density at radius 2 is 1.67 bits per heavy atom. The topological polar surface area (TPSA) is 52.9 Å². The normalized spacial score (nSPS) is 15.8. The summed E-state index contributed by atoms with van der Waals surface area (Å²) >= 11 is 0. The smallest absolute Gasteiger partial charge is 0.423 e. The van der Waals surface area contributed by atoms with E-state index in [1.54, 1.807) is 12.1 Å². The van der Waals surface area contributed by atoms with Gasteiger partial charge in [-0.2, -0.15) is 0 Å². The lowest BCUT2D eigenvalue weighted by Crippen LogP contribution is -2.36. The number of hydrogen-bond donors (Lipinski definition) is 2. The van der Waals surface area contributed by atoms with Crippen LogP contribution in [0, 0.1) is 0 Å². The van der Waals surface area contributed by atoms with Crippen molar-refractivity contribution in [3.63, 3.8) is 0 Å². The fourth-order valence-corrected chi connectivity index (χ4v) is 1.81. The van der Waals surface area contributed by atoms with Gasteiger partial charge in [0.15, 0.2) is 0 Å². The predicted molar refractivity (Wildman–Crippen MR) is 73.7 cm³/mol. The molecule has 100 valence electrons. The van der Waals surface area contributed by atoms with Gasteiger partial charge in [0.25, 0.3) is 0 Å². The summed E-state index contributed by atoms with van der Waals surface area (Å²) in [5, 5.41) is 17.9. The highest BCUT2D eigenvalue weighted by atomic mass is 16.5. The quantitative estimate of drug-likeness (QED) is 0.755. The summed E-state index contributed by atoms with van der Waals surface area (Å²) in [6, 6.07) is 7.37. The Kier molecular flexibility index (Phi) is 6.97. The van der Waals surface area contributed by atoms with Crippen molar-refractivity contribution in [3.05, 3.63) is 29.8 Å². The van der Waals surface area contributed by atoms with Crippen LogP contribution in [0.15, 0.2) is 24.3 Å². The number of morpholine rings is 1. The van der Waals surface area contributed by atoms with E-state index in [1.807, 2.05) is 26.0 Å². The van der Waals surface area contributed by atoms with Crippen molar-refractivity contribution in [2.24, 2.45) is 0 Å². The second kappa shape index (κ2) is 8.27. The molecule has 1 fully saturated rings. The maximum atomic E-state index is 8.96. The summed E-state index contributed by atoms with van der Waals surface area (Å²) in [6.45, 7) is 8.42. The lowest BCUT2D eigenvalue weighted by atomic mass is 9.80. The molecule has 1 aromatic carbocycles. The molecule has 1 aromatic rings. The zero-order valence-electron chi connectivity index (χ0n) is 11.2. The monoisotopic (exact) mass is 251 g/mol. The Hall–Kier alpha value is -0.875. The van der Waals surface area contributed by atoms with Gasteiger partial charge in [-0.05, 0) is 11.0 Å². The molecule has 5 heteroatoms. The van der Waals surface area contributed by atoms with Crippen LogP contribution in [0.1, 0.15) is 19.4 Å². The van der Waals surface area contributed by atoms with Crippen LogP contribution in [0.2, 0.25) is 0 Å². The molecule has 0 radical (unpaired) electrons. The van der Waals surface area contributed by atoms with Gasteiger partial charge in [-0.1, -0.05) is 38.1 Å². The van der Waals surface area contributed by atoms with E-state index in [0.717, 1.165) is 32.8 Å². The van der Waals surface area contributed by atoms with Gasteiger partial charge in [-0.15, -0.1) is 0 Å². The van der Waals surface area contributed by atoms with Gasteiger partial charge in [0.1, 0.15) is 0 Å². The summed E-state index contributed by atoms with van der Waals surface area (Å²) < 4.78 is 5.28. The molecule has 2 N–H and O–H groups in total. The first-order chi connectivity index (χ1) is 8.75. The third kappa shape index (κ3) is 4.78. The SMILES string of the molecule is CC.OB(O)c1ccc(CN2CCOCC2)cc1. The highest BCUT2D eigenvalue weighted by Crippen LogP contribution is 2.05. The average molecular weight is 251 g/mol. The molecular weight excluding hydrogens is 229 g/mol. The van der Waals surface area contributed by atoms with Gasteiger partial charge >= 0.3 is 7.12 Å². The molecule has 0 saturated carbocycles. The maximum Gasteiger partial charge on any atom is 0.488 e. The Balaban J connectivity index is 0.000000771. The summed E-state index contributed by atoms with van der Waals surface area (Å²) in [6.07, 6.45) is 0. The summed E-state index contributed by atoms with van der Waals surface area (Å²) in [7, 11) is -1.38. The van der Waals surface area contributed by atoms with E-state index < -0.39 is 7.12 Å². The molecule has 0 atom stereocenters. The van der Waals surface area contributed by atoms with Gasteiger partial charge in [-0.3, -0.25) is 4.90 Å². The van der Waals surface area contributed by atoms with Crippen molar-refractivity contribution < 1.29 is 14.8 Å². The number of ether oxygens (including phenoxy) is 1. The lowest BCUT2D eigenvalue weighted by molar-refractivity contribution is 0.0342. The molecule has 4 nitrogen and oxygen atoms in total. The van der Waals surface area contributed by atoms with Gasteiger partial charge in [0.05, 0.1) is 13.2 Å². The first kappa shape index (κ1) is 15.2. The van der Waals surface area contributed by atoms with Crippen LogP contribution < -0.4 is 5.46 Å². The van der Waals surface area contributed by atoms with Gasteiger partial charge in [0.2, 0.25) is 0 Å². The first-order valence-electron chi connectivity index (χ1n) is 6.51. The fourth-order valence-electron chi connectivity index (χ4n) is 1.81. The zero-order valence-corrected chi connectivity index (χ0v) is 11.2. The average Bonchev–Trinajstić information content (AvgIpc) is 2.43. The molecule has 1 heterocycles. The molecule has 0 aliphatic carbocycles. The van der Waals surface area contributed by atoms with Crippen molar-refractivity contribution in [1.82, 2.24) is 4.90 Å². The van der Waals surface area contributed by atoms with E-state index in [2.05, 4.69) is 4.90 Å². The van der Waals surface area contributed by atoms with Gasteiger partial charge < -0.3 is 14.8 Å². The molecular formula is C13H22BNO3. The Bertz CT molecular complexity index is 324. The van der Waals surface area contributed by atoms with E-state index in [4.69, 9.17) is 14.8 Å². The molecule has 1 aliphatic rings. The largest absolute Gasteiger partial charge is 0.488 e. The van der Waals surface area contributed by atoms with Crippen molar-refractivity contribution in [2.45, 2.75) is 20.4 Å². The molecule has 1 saturated heterocycles. The summed E-state index contributed by atoms with van der Waals surface area (Å²) in [4.78, 5) is 2.33. The van der Waals surface area contributed by atoms with Crippen LogP contribution in [0.3, 0.4) is 0 Å². The van der Waals surface area contributed by atoms with Crippen LogP contribution in [0.5, 0.6) is 0 Å². The molecule has 0 spiro atoms. The van der Waals surface area contributed by atoms with E-state index >= 15 is 0 Å². The molecule has 18 heavy (non-hydrogen) atoms. The van der Waals surface area contributed by atoms with Crippen LogP contribution >= 0.6 is 0 Å². The van der Waals surface area contributed by atoms with Gasteiger partial charge in [0, 0.05) is 19.6 Å². The molecule has 0 aromatic heterocycles. The van der Waals surface area contributed by atoms with Crippen molar-refractivity contribution in [3.8, 4) is 0 Å². The number of hydrogen-bond acceptors (Lipinski definition) is 4. The maximum absolute atomic E-state index is 8.96. The minimum atomic E-state index is -1.38. The summed E-state index contributed by atoms with van der Waals surface area (Å²) in [5.41, 5.74) is 1.72. The highest BCUT2D eigenvalue weighted by Gasteiger charge is 2.12. The molecule has 0 bridgehead atoms. The van der Waals surface area contributed by atoms with Crippen LogP contribution in [0.4, 0.5) is 0 Å². The van der Waals surface area contributed by atoms with Crippen LogP contribution in [-0.4, -0.2) is 48.4 Å². The predicted octanol–water partition coefficient (Wildman–Crippen LogP) is 0.225. The highest BCUT2D eigenvalue weighted by molar-refractivity contribution is 6.58. The van der Waals surface area contributed by atoms with Crippen LogP contribution in [-0.2, 0) is 11.3 Å². The van der Waals surface area contributed by atoms with Gasteiger partial charge in [-0.25, -0.2) is 0 Å². The van der Waals surface area contributed by atoms with E-state index in [0.29, 0.717) is 5.46 Å². The van der Waals surface area contributed by atoms with Crippen molar-refractivity contribution in [1.29, 1.82) is 0 Å². The number of nitrogens with zero attached hydrogens (tertiary/aromatic N) is 1. The lowest BCUT2D eigenvalue weighted by Gasteiger charge is -2.26. The zero-order chi connectivity index (χ0) is 13.4. The van der Waals surface area contributed by atoms with E-state index in [1.165, 1.54) is 5.56 Å². The standard InChI is InChI=1S/C11H16BNO3.C2H6/c14-12(15)11-3-1-10(2-4-11)9-13-5-7-16-8-6-13;1-2/h1-4,14-15H,5-9H2;1-2H3. The molecule has 0 amide bonds. The number of rotatable bonds is 3. The second-order valence-corrected chi connectivity index (χ2v) is 4.00. The minimum absolute atomic E-state index is 0.533. The van der Waals surface area contributed by atoms with Crippen molar-refractivity contribution in [2.75, 3.05) is 26.3 Å².